The summed E-state index contributed by atoms with van der Waals surface area (Å²) in [6, 6.07) is 19.7. The van der Waals surface area contributed by atoms with Crippen LogP contribution in [0.15, 0.2) is 88.1 Å². The number of hydrazone groups is 1. The molecule has 4 rings (SSSR count). The minimum atomic E-state index is -0.765. The van der Waals surface area contributed by atoms with Gasteiger partial charge < -0.3 is 14.8 Å². The summed E-state index contributed by atoms with van der Waals surface area (Å²) in [7, 11) is 3.16. The number of amidine groups is 1. The Balaban J connectivity index is 1.51. The van der Waals surface area contributed by atoms with Crippen LogP contribution in [0, 0.1) is 5.82 Å². The van der Waals surface area contributed by atoms with E-state index >= 15 is 0 Å². The molecular weight excluding hydrogens is 509 g/mol. The number of hydrogen-bond acceptors (Lipinski definition) is 8. The molecule has 1 unspecified atom stereocenters. The van der Waals surface area contributed by atoms with Gasteiger partial charge in [0.1, 0.15) is 22.6 Å². The smallest absolute Gasteiger partial charge is 0.263 e. The summed E-state index contributed by atoms with van der Waals surface area (Å²) in [4.78, 5) is 25.8. The number of rotatable bonds is 9. The standard InChI is InChI=1S/C27H24FN5O4S/c1-36-22-11-3-18(4-12-22)16-29-32-27-33(30-17-19-5-13-23(37-2)14-6-19)26(35)24(38-27)15-25(34)31-21-9-7-20(28)8-10-21/h3-14,16-17,24H,15H2,1-2H3,(H,31,34)/b29-16+,30-17+,32-27-. The number of ether oxygens (including phenoxy) is 2. The van der Waals surface area contributed by atoms with Gasteiger partial charge in [0.05, 0.1) is 26.6 Å². The van der Waals surface area contributed by atoms with E-state index in [1.165, 1.54) is 36.7 Å². The van der Waals surface area contributed by atoms with E-state index < -0.39 is 22.9 Å². The van der Waals surface area contributed by atoms with Crippen LogP contribution in [0.3, 0.4) is 0 Å². The van der Waals surface area contributed by atoms with Crippen LogP contribution in [-0.4, -0.2) is 53.9 Å². The van der Waals surface area contributed by atoms with Crippen molar-refractivity contribution in [2.45, 2.75) is 11.7 Å². The van der Waals surface area contributed by atoms with Crippen molar-refractivity contribution < 1.29 is 23.5 Å². The van der Waals surface area contributed by atoms with Crippen LogP contribution in [-0.2, 0) is 9.59 Å². The van der Waals surface area contributed by atoms with Gasteiger partial charge in [-0.1, -0.05) is 11.8 Å². The van der Waals surface area contributed by atoms with Gasteiger partial charge in [0.2, 0.25) is 11.1 Å². The largest absolute Gasteiger partial charge is 0.497 e. The SMILES string of the molecule is COc1ccc(/C=N/N=C2\SC(CC(=O)Nc3ccc(F)cc3)C(=O)N2/N=C/c2ccc(OC)cc2)cc1. The summed E-state index contributed by atoms with van der Waals surface area (Å²) in [6.45, 7) is 0. The Bertz CT molecular complexity index is 1360. The second-order valence-electron chi connectivity index (χ2n) is 7.93. The Labute approximate surface area is 223 Å². The first-order valence-corrected chi connectivity index (χ1v) is 12.3. The van der Waals surface area contributed by atoms with Crippen molar-refractivity contribution in [3.8, 4) is 11.5 Å². The highest BCUT2D eigenvalue weighted by atomic mass is 32.2. The van der Waals surface area contributed by atoms with E-state index in [9.17, 15) is 14.0 Å². The molecule has 0 aromatic heterocycles. The van der Waals surface area contributed by atoms with Crippen molar-refractivity contribution >= 4 is 46.9 Å². The maximum absolute atomic E-state index is 13.2. The number of carbonyl (C=O) groups excluding carboxylic acids is 2. The predicted octanol–water partition coefficient (Wildman–Crippen LogP) is 4.54. The van der Waals surface area contributed by atoms with Gasteiger partial charge in [0.15, 0.2) is 0 Å². The summed E-state index contributed by atoms with van der Waals surface area (Å²) in [6.07, 6.45) is 2.93. The maximum atomic E-state index is 13.2. The van der Waals surface area contributed by atoms with E-state index in [2.05, 4.69) is 20.6 Å². The lowest BCUT2D eigenvalue weighted by atomic mass is 10.2. The van der Waals surface area contributed by atoms with E-state index in [1.54, 1.807) is 50.6 Å². The first-order chi connectivity index (χ1) is 18.4. The molecule has 0 aliphatic carbocycles. The molecule has 0 spiro atoms. The van der Waals surface area contributed by atoms with Crippen LogP contribution >= 0.6 is 11.8 Å². The molecule has 1 heterocycles. The molecule has 1 saturated heterocycles. The highest BCUT2D eigenvalue weighted by molar-refractivity contribution is 8.15. The summed E-state index contributed by atoms with van der Waals surface area (Å²) in [5.74, 6) is 0.186. The molecule has 194 valence electrons. The molecule has 1 fully saturated rings. The van der Waals surface area contributed by atoms with Crippen LogP contribution < -0.4 is 14.8 Å². The number of amides is 2. The number of nitrogens with zero attached hydrogens (tertiary/aromatic N) is 4. The molecule has 9 nitrogen and oxygen atoms in total. The second-order valence-corrected chi connectivity index (χ2v) is 9.10. The number of nitrogens with one attached hydrogen (secondary N) is 1. The Morgan fingerprint density at radius 3 is 2.11 bits per heavy atom. The van der Waals surface area contributed by atoms with Gasteiger partial charge in [-0.25, -0.2) is 4.39 Å². The third kappa shape index (κ3) is 7.04. The zero-order valence-corrected chi connectivity index (χ0v) is 21.4. The Morgan fingerprint density at radius 1 is 0.947 bits per heavy atom. The molecule has 0 radical (unpaired) electrons. The number of thioether (sulfide) groups is 1. The normalized spacial score (nSPS) is 16.5. The van der Waals surface area contributed by atoms with E-state index in [-0.39, 0.29) is 11.6 Å². The summed E-state index contributed by atoms with van der Waals surface area (Å²) in [5, 5.41) is 15.9. The Hall–Kier alpha value is -4.51. The van der Waals surface area contributed by atoms with E-state index in [0.29, 0.717) is 17.2 Å². The molecule has 1 aliphatic rings. The van der Waals surface area contributed by atoms with Gasteiger partial charge in [-0.2, -0.15) is 15.2 Å². The van der Waals surface area contributed by atoms with Gasteiger partial charge in [-0.15, -0.1) is 5.10 Å². The molecule has 0 bridgehead atoms. The summed E-state index contributed by atoms with van der Waals surface area (Å²) >= 11 is 1.09. The summed E-state index contributed by atoms with van der Waals surface area (Å²) < 4.78 is 23.5. The van der Waals surface area contributed by atoms with Gasteiger partial charge in [-0.3, -0.25) is 9.59 Å². The monoisotopic (exact) mass is 533 g/mol. The molecule has 3 aromatic rings. The third-order valence-electron chi connectivity index (χ3n) is 5.32. The van der Waals surface area contributed by atoms with Crippen LogP contribution in [0.2, 0.25) is 0 Å². The fraction of sp³-hybridized carbons (Fsp3) is 0.148. The minimum absolute atomic E-state index is 0.128. The number of hydrogen-bond donors (Lipinski definition) is 1. The molecule has 2 amide bonds. The van der Waals surface area contributed by atoms with E-state index in [4.69, 9.17) is 9.47 Å². The molecule has 1 atom stereocenters. The first-order valence-electron chi connectivity index (χ1n) is 11.4. The first kappa shape index (κ1) is 26.6. The van der Waals surface area contributed by atoms with E-state index in [1.807, 2.05) is 12.1 Å². The zero-order chi connectivity index (χ0) is 26.9. The van der Waals surface area contributed by atoms with Crippen LogP contribution in [0.1, 0.15) is 17.5 Å². The van der Waals surface area contributed by atoms with Crippen LogP contribution in [0.5, 0.6) is 11.5 Å². The fourth-order valence-corrected chi connectivity index (χ4v) is 4.34. The quantitative estimate of drug-likeness (QED) is 0.321. The molecule has 3 aromatic carbocycles. The molecule has 1 aliphatic heterocycles. The maximum Gasteiger partial charge on any atom is 0.263 e. The molecule has 38 heavy (non-hydrogen) atoms. The highest BCUT2D eigenvalue weighted by Crippen LogP contribution is 2.30. The number of anilines is 1. The average Bonchev–Trinajstić information content (AvgIpc) is 3.22. The number of halogens is 1. The molecular formula is C27H24FN5O4S. The Kier molecular flexibility index (Phi) is 8.83. The summed E-state index contributed by atoms with van der Waals surface area (Å²) in [5.41, 5.74) is 1.95. The average molecular weight is 534 g/mol. The lowest BCUT2D eigenvalue weighted by Gasteiger charge is -2.09. The van der Waals surface area contributed by atoms with Gasteiger partial charge >= 0.3 is 0 Å². The number of methoxy groups -OCH3 is 2. The van der Waals surface area contributed by atoms with Crippen molar-refractivity contribution in [2.75, 3.05) is 19.5 Å². The lowest BCUT2D eigenvalue weighted by molar-refractivity contribution is -0.128. The van der Waals surface area contributed by atoms with Gasteiger partial charge in [-0.05, 0) is 83.9 Å². The van der Waals surface area contributed by atoms with Crippen molar-refractivity contribution in [3.63, 3.8) is 0 Å². The fourth-order valence-electron chi connectivity index (χ4n) is 3.32. The van der Waals surface area contributed by atoms with Crippen LogP contribution in [0.25, 0.3) is 0 Å². The number of benzene rings is 3. The topological polar surface area (TPSA) is 105 Å². The van der Waals surface area contributed by atoms with E-state index in [0.717, 1.165) is 27.9 Å². The number of carbonyl (C=O) groups is 2. The van der Waals surface area contributed by atoms with Gasteiger partial charge in [0, 0.05) is 12.1 Å². The predicted molar refractivity (Wildman–Crippen MR) is 146 cm³/mol. The van der Waals surface area contributed by atoms with Crippen molar-refractivity contribution in [1.82, 2.24) is 5.01 Å². The van der Waals surface area contributed by atoms with Crippen molar-refractivity contribution in [3.05, 3.63) is 89.7 Å². The van der Waals surface area contributed by atoms with Crippen LogP contribution in [0.4, 0.5) is 10.1 Å². The van der Waals surface area contributed by atoms with Crippen molar-refractivity contribution in [2.24, 2.45) is 15.3 Å². The molecule has 1 N–H and O–H groups in total. The second kappa shape index (κ2) is 12.6. The van der Waals surface area contributed by atoms with Crippen molar-refractivity contribution in [1.29, 1.82) is 0 Å². The lowest BCUT2D eigenvalue weighted by Crippen LogP contribution is -2.29. The molecule has 0 saturated carbocycles. The highest BCUT2D eigenvalue weighted by Gasteiger charge is 2.39. The zero-order valence-electron chi connectivity index (χ0n) is 20.6. The Morgan fingerprint density at radius 2 is 1.53 bits per heavy atom. The minimum Gasteiger partial charge on any atom is -0.497 e. The van der Waals surface area contributed by atoms with Gasteiger partial charge in [0.25, 0.3) is 5.91 Å². The third-order valence-corrected chi connectivity index (χ3v) is 6.43. The molecule has 11 heteroatoms.